The average Bonchev–Trinajstić information content (AvgIpc) is 3.15. The second kappa shape index (κ2) is 8.15. The molecule has 0 fully saturated rings. The van der Waals surface area contributed by atoms with E-state index in [2.05, 4.69) is 12.3 Å². The zero-order valence-corrected chi connectivity index (χ0v) is 14.8. The van der Waals surface area contributed by atoms with Crippen molar-refractivity contribution in [3.8, 4) is 6.07 Å². The fourth-order valence-electron chi connectivity index (χ4n) is 2.13. The molecule has 2 aromatic heterocycles. The first-order chi connectivity index (χ1) is 12.0. The summed E-state index contributed by atoms with van der Waals surface area (Å²) in [7, 11) is 1.88. The van der Waals surface area contributed by atoms with Gasteiger partial charge in [-0.05, 0) is 19.1 Å². The molecule has 0 bridgehead atoms. The molecular weight excluding hydrogens is 338 g/mol. The summed E-state index contributed by atoms with van der Waals surface area (Å²) in [4.78, 5) is 24.6. The van der Waals surface area contributed by atoms with Crippen LogP contribution in [0.1, 0.15) is 12.6 Å². The van der Waals surface area contributed by atoms with Gasteiger partial charge in [0.15, 0.2) is 5.57 Å². The summed E-state index contributed by atoms with van der Waals surface area (Å²) < 4.78 is 8.78. The number of nitriles is 1. The van der Waals surface area contributed by atoms with Crippen molar-refractivity contribution >= 4 is 34.7 Å². The van der Waals surface area contributed by atoms with Crippen LogP contribution in [0.25, 0.3) is 17.4 Å². The van der Waals surface area contributed by atoms with Gasteiger partial charge in [-0.2, -0.15) is 5.26 Å². The van der Waals surface area contributed by atoms with Crippen molar-refractivity contribution in [2.45, 2.75) is 13.5 Å². The average molecular weight is 355 g/mol. The standard InChI is InChI=1S/C18H17N3O3S/c1-4-11-24-18(23)14(12-19)17-21(5-2)16(22)15(25-17)9-8-13-7-6-10-20(13)3/h4,6-8,10H,1,5,11H2,2-3H3/b17-14-. The first-order valence-corrected chi connectivity index (χ1v) is 8.35. The summed E-state index contributed by atoms with van der Waals surface area (Å²) in [5, 5.41) is 9.33. The van der Waals surface area contributed by atoms with Crippen LogP contribution in [-0.4, -0.2) is 21.7 Å². The van der Waals surface area contributed by atoms with Crippen LogP contribution in [0.2, 0.25) is 0 Å². The van der Waals surface area contributed by atoms with Crippen LogP contribution in [0.4, 0.5) is 0 Å². The van der Waals surface area contributed by atoms with Crippen LogP contribution in [0.5, 0.6) is 0 Å². The lowest BCUT2D eigenvalue weighted by Crippen LogP contribution is -2.32. The minimum absolute atomic E-state index is 0.00187. The number of rotatable bonds is 5. The highest BCUT2D eigenvalue weighted by Crippen LogP contribution is 2.00. The van der Waals surface area contributed by atoms with E-state index in [0.29, 0.717) is 11.1 Å². The Balaban J connectivity index is 2.71. The zero-order valence-electron chi connectivity index (χ0n) is 14.0. The Labute approximate surface area is 148 Å². The topological polar surface area (TPSA) is 77.0 Å². The number of carbonyl (C=O) groups is 1. The van der Waals surface area contributed by atoms with E-state index in [1.807, 2.05) is 36.0 Å². The molecule has 0 saturated carbocycles. The molecule has 0 aliphatic heterocycles. The Morgan fingerprint density at radius 1 is 1.52 bits per heavy atom. The van der Waals surface area contributed by atoms with Crippen molar-refractivity contribution in [1.82, 2.24) is 9.13 Å². The highest BCUT2D eigenvalue weighted by atomic mass is 32.1. The van der Waals surface area contributed by atoms with Gasteiger partial charge in [-0.1, -0.05) is 18.4 Å². The molecule has 2 heterocycles. The molecule has 0 aliphatic carbocycles. The second-order valence-electron chi connectivity index (χ2n) is 4.99. The van der Waals surface area contributed by atoms with Gasteiger partial charge in [0.2, 0.25) is 0 Å². The quantitative estimate of drug-likeness (QED) is 0.586. The third kappa shape index (κ3) is 3.89. The number of ether oxygens (including phenoxy) is 1. The largest absolute Gasteiger partial charge is 0.457 e. The smallest absolute Gasteiger partial charge is 0.352 e. The number of aryl methyl sites for hydroxylation is 1. The van der Waals surface area contributed by atoms with Crippen LogP contribution in [0, 0.1) is 11.3 Å². The van der Waals surface area contributed by atoms with E-state index in [9.17, 15) is 14.9 Å². The van der Waals surface area contributed by atoms with Gasteiger partial charge < -0.3 is 9.30 Å². The summed E-state index contributed by atoms with van der Waals surface area (Å²) in [6.45, 7) is 5.56. The summed E-state index contributed by atoms with van der Waals surface area (Å²) in [5.74, 6) is -0.774. The summed E-state index contributed by atoms with van der Waals surface area (Å²) in [6, 6.07) is 5.61. The molecule has 0 unspecified atom stereocenters. The first-order valence-electron chi connectivity index (χ1n) is 7.53. The van der Waals surface area contributed by atoms with Crippen molar-refractivity contribution in [3.05, 3.63) is 56.2 Å². The van der Waals surface area contributed by atoms with E-state index < -0.39 is 5.97 Å². The number of nitrogens with zero attached hydrogens (tertiary/aromatic N) is 3. The minimum Gasteiger partial charge on any atom is -0.457 e. The van der Waals surface area contributed by atoms with Crippen LogP contribution in [0.3, 0.4) is 0 Å². The van der Waals surface area contributed by atoms with Gasteiger partial charge in [-0.15, -0.1) is 11.3 Å². The van der Waals surface area contributed by atoms with Crippen LogP contribution in [-0.2, 0) is 23.1 Å². The minimum atomic E-state index is -0.774. The maximum atomic E-state index is 12.5. The molecular formula is C18H17N3O3S. The molecule has 2 rings (SSSR count). The number of thiazole rings is 1. The molecule has 0 saturated heterocycles. The molecule has 0 aliphatic rings. The van der Waals surface area contributed by atoms with Crippen LogP contribution < -0.4 is 14.8 Å². The second-order valence-corrected chi connectivity index (χ2v) is 5.99. The summed E-state index contributed by atoms with van der Waals surface area (Å²) in [6.07, 6.45) is 4.99. The number of hydrogen-bond donors (Lipinski definition) is 0. The van der Waals surface area contributed by atoms with Gasteiger partial charge in [0.25, 0.3) is 5.56 Å². The maximum absolute atomic E-state index is 12.5. The summed E-state index contributed by atoms with van der Waals surface area (Å²) in [5.41, 5.74) is 3.35. The van der Waals surface area contributed by atoms with Gasteiger partial charge in [-0.25, -0.2) is 4.79 Å². The monoisotopic (exact) mass is 355 g/mol. The van der Waals surface area contributed by atoms with Crippen molar-refractivity contribution in [2.24, 2.45) is 7.05 Å². The van der Waals surface area contributed by atoms with Gasteiger partial charge >= 0.3 is 5.97 Å². The predicted molar refractivity (Wildman–Crippen MR) is 97.0 cm³/mol. The van der Waals surface area contributed by atoms with E-state index in [1.54, 1.807) is 13.0 Å². The number of hydrogen-bond acceptors (Lipinski definition) is 5. The van der Waals surface area contributed by atoms with Gasteiger partial charge in [-0.3, -0.25) is 9.36 Å². The van der Waals surface area contributed by atoms with Gasteiger partial charge in [0, 0.05) is 31.6 Å². The Bertz CT molecular complexity index is 1060. The highest BCUT2D eigenvalue weighted by molar-refractivity contribution is 7.07. The number of carbonyl (C=O) groups excluding carboxylic acids is 1. The molecule has 0 amide bonds. The van der Waals surface area contributed by atoms with Crippen molar-refractivity contribution < 1.29 is 9.53 Å². The predicted octanol–water partition coefficient (Wildman–Crippen LogP) is 0.764. The van der Waals surface area contributed by atoms with Crippen LogP contribution in [0.15, 0.2) is 35.8 Å². The van der Waals surface area contributed by atoms with E-state index in [-0.39, 0.29) is 22.4 Å². The molecule has 128 valence electrons. The van der Waals surface area contributed by atoms with E-state index in [4.69, 9.17) is 4.74 Å². The molecule has 0 aromatic carbocycles. The number of esters is 1. The molecule has 0 N–H and O–H groups in total. The molecule has 7 heteroatoms. The maximum Gasteiger partial charge on any atom is 0.352 e. The Hall–Kier alpha value is -3.07. The Kier molecular flexibility index (Phi) is 5.96. The van der Waals surface area contributed by atoms with Gasteiger partial charge in [0.05, 0.1) is 0 Å². The first kappa shape index (κ1) is 18.3. The van der Waals surface area contributed by atoms with Crippen molar-refractivity contribution in [2.75, 3.05) is 6.61 Å². The van der Waals surface area contributed by atoms with Gasteiger partial charge in [0.1, 0.15) is 21.9 Å². The summed E-state index contributed by atoms with van der Waals surface area (Å²) >= 11 is 1.05. The lowest BCUT2D eigenvalue weighted by atomic mass is 10.3. The van der Waals surface area contributed by atoms with Crippen LogP contribution >= 0.6 is 11.3 Å². The SMILES string of the molecule is C=CCOC(=O)/C(C#N)=c1\sc(=C=Cc2cccn2C)c(=O)n1CC. The van der Waals surface area contributed by atoms with E-state index >= 15 is 0 Å². The van der Waals surface area contributed by atoms with E-state index in [1.165, 1.54) is 10.6 Å². The Morgan fingerprint density at radius 3 is 2.84 bits per heavy atom. The molecule has 25 heavy (non-hydrogen) atoms. The molecule has 0 radical (unpaired) electrons. The van der Waals surface area contributed by atoms with Crippen molar-refractivity contribution in [1.29, 1.82) is 5.26 Å². The third-order valence-corrected chi connectivity index (χ3v) is 4.51. The molecule has 0 spiro atoms. The molecule has 0 atom stereocenters. The highest BCUT2D eigenvalue weighted by Gasteiger charge is 2.16. The normalized spacial score (nSPS) is 11.2. The lowest BCUT2D eigenvalue weighted by Gasteiger charge is -2.00. The third-order valence-electron chi connectivity index (χ3n) is 3.40. The fourth-order valence-corrected chi connectivity index (χ4v) is 3.19. The lowest BCUT2D eigenvalue weighted by molar-refractivity contribution is -0.135. The van der Waals surface area contributed by atoms with Crippen molar-refractivity contribution in [3.63, 3.8) is 0 Å². The number of aromatic nitrogens is 2. The molecule has 6 nitrogen and oxygen atoms in total. The molecule has 2 aromatic rings. The Morgan fingerprint density at radius 2 is 2.28 bits per heavy atom. The van der Waals surface area contributed by atoms with E-state index in [0.717, 1.165) is 17.0 Å². The zero-order chi connectivity index (χ0) is 18.4. The fraction of sp³-hybridized carbons (Fsp3) is 0.222.